The van der Waals surface area contributed by atoms with E-state index in [1.54, 1.807) is 69.0 Å². The van der Waals surface area contributed by atoms with E-state index in [0.29, 0.717) is 74.8 Å². The second-order valence-electron chi connectivity index (χ2n) is 39.1. The molecule has 5 N–H and O–H groups in total. The molecule has 12 heterocycles. The van der Waals surface area contributed by atoms with Crippen LogP contribution in [0.2, 0.25) is 0 Å². The fourth-order valence-electron chi connectivity index (χ4n) is 21.1. The maximum absolute atomic E-state index is 12.0. The van der Waals surface area contributed by atoms with Gasteiger partial charge in [-0.2, -0.15) is 0 Å². The Bertz CT molecular complexity index is 6160. The molecule has 0 bridgehead atoms. The molecule has 4 aromatic heterocycles. The highest BCUT2D eigenvalue weighted by molar-refractivity contribution is 5.95. The summed E-state index contributed by atoms with van der Waals surface area (Å²) in [5.41, 5.74) is 14.3. The quantitative estimate of drug-likeness (QED) is 0.0397. The van der Waals surface area contributed by atoms with Gasteiger partial charge in [-0.05, 0) is 150 Å². The summed E-state index contributed by atoms with van der Waals surface area (Å²) in [5, 5.41) is 20.9. The molecule has 0 spiro atoms. The lowest BCUT2D eigenvalue weighted by Gasteiger charge is -2.40. The van der Waals surface area contributed by atoms with Crippen molar-refractivity contribution in [1.82, 2.24) is 60.7 Å². The van der Waals surface area contributed by atoms with Gasteiger partial charge in [0.15, 0.2) is 46.0 Å². The number of likely N-dealkylation sites (N-methyl/N-ethyl adjacent to an activating group) is 1. The van der Waals surface area contributed by atoms with Crippen molar-refractivity contribution >= 4 is 107 Å². The number of aromatic nitrogens is 8. The lowest BCUT2D eigenvalue weighted by Crippen LogP contribution is -2.48. The Hall–Kier alpha value is -13.1. The number of nitrogens with one attached hydrogen (secondary N) is 4. The fourth-order valence-corrected chi connectivity index (χ4v) is 21.1. The molecule has 12 aromatic rings. The monoisotopic (exact) mass is 1960 g/mol. The van der Waals surface area contributed by atoms with E-state index in [4.69, 9.17) is 72.9 Å². The molecule has 24 rings (SSSR count). The Kier molecular flexibility index (Phi) is 32.3. The standard InChI is InChI=1S/C28H36N6O2.C28H35N5O2.C27H34N6O2.C14H22N4.C13H14N2O3.CH4O/c1-31-10-12-32(13-11-31)23-6-4-5-7-24(23)33-14-16-34(17-15-33)28-21-18-25(35-2)26(36-3)19-22(21)29-27(30-28)20-8-9-20;1-34-25-18-21-22(19-26(25)35-2)29-27(20-10-11-20)30-28(21)33-16-14-32(15-17-33)24-9-5-4-8-23(24)31-12-6-3-7-13-31;1-34-24-17-20-21(18-25(24)35-2)29-26(19-7-8-19)30-27(20)33-15-13-32(14-16-33)23-6-4-3-5-22(23)31-11-9-28-10-12-31;1-2-4-14(18-11-7-16-8-12-18)13(3-1)17-9-5-15-6-10-17;1-17-10-5-8-9(6-11(10)18-2)14-12(7-3-4-7)15-13(8)16;1-2/h4-7,18-20H,8-17H2,1-3H3;4-5,8-9,18-20H,3,6-7,10-17H2,1-2H3;3-6,17-19,28H,7-16H2,1-2H3;1-4,15-16H,5-12H2;5-7H,3-4H2,1-2H3,(H,14,15,16);2H,1H3. The number of hydrogen-bond donors (Lipinski definition) is 5. The molecule has 33 heteroatoms. The summed E-state index contributed by atoms with van der Waals surface area (Å²) in [6.45, 7) is 31.1. The highest BCUT2D eigenvalue weighted by Crippen LogP contribution is 2.48. The number of aliphatic hydroxyl groups excluding tert-OH is 1. The summed E-state index contributed by atoms with van der Waals surface area (Å²) in [6.07, 6.45) is 13.2. The van der Waals surface area contributed by atoms with Crippen LogP contribution >= 0.6 is 0 Å². The molecule has 0 unspecified atom stereocenters. The fraction of sp³-hybridized carbons (Fsp3) is 0.495. The molecular weight excluding hydrogens is 1820 g/mol. The highest BCUT2D eigenvalue weighted by atomic mass is 16.5. The number of piperazine rings is 7. The molecule has 0 radical (unpaired) electrons. The Labute approximate surface area is 846 Å². The first-order valence-corrected chi connectivity index (χ1v) is 52.1. The van der Waals surface area contributed by atoms with Crippen molar-refractivity contribution < 1.29 is 43.0 Å². The van der Waals surface area contributed by atoms with Crippen molar-refractivity contribution in [3.63, 3.8) is 0 Å². The Morgan fingerprint density at radius 1 is 0.257 bits per heavy atom. The summed E-state index contributed by atoms with van der Waals surface area (Å²) in [4.78, 5) is 79.3. The van der Waals surface area contributed by atoms with Crippen LogP contribution in [0.15, 0.2) is 150 Å². The number of benzene rings is 8. The number of hydrogen-bond acceptors (Lipinski definition) is 32. The van der Waals surface area contributed by atoms with Gasteiger partial charge in [-0.3, -0.25) is 4.79 Å². The molecule has 8 saturated heterocycles. The van der Waals surface area contributed by atoms with Gasteiger partial charge >= 0.3 is 0 Å². The van der Waals surface area contributed by atoms with Crippen LogP contribution in [0.3, 0.4) is 0 Å². The number of rotatable bonds is 23. The summed E-state index contributed by atoms with van der Waals surface area (Å²) in [6, 6.07) is 51.1. The predicted molar refractivity (Wildman–Crippen MR) is 580 cm³/mol. The average Bonchev–Trinajstić information content (AvgIpc) is 1.75. The van der Waals surface area contributed by atoms with Gasteiger partial charge in [-0.25, -0.2) is 34.9 Å². The second-order valence-corrected chi connectivity index (χ2v) is 39.1. The molecule has 33 nitrogen and oxygen atoms in total. The van der Waals surface area contributed by atoms with Crippen LogP contribution in [-0.2, 0) is 0 Å². The molecule has 0 amide bonds. The van der Waals surface area contributed by atoms with Gasteiger partial charge in [0.25, 0.3) is 5.56 Å². The molecule has 144 heavy (non-hydrogen) atoms. The Morgan fingerprint density at radius 3 is 0.736 bits per heavy atom. The van der Waals surface area contributed by atoms with E-state index >= 15 is 0 Å². The number of para-hydroxylation sites is 8. The maximum atomic E-state index is 12.0. The van der Waals surface area contributed by atoms with Gasteiger partial charge in [0.2, 0.25) is 0 Å². The van der Waals surface area contributed by atoms with E-state index < -0.39 is 0 Å². The predicted octanol–water partition coefficient (Wildman–Crippen LogP) is 13.6. The zero-order valence-corrected chi connectivity index (χ0v) is 85.8. The van der Waals surface area contributed by atoms with Crippen molar-refractivity contribution in [2.75, 3.05) is 321 Å². The molecule has 764 valence electrons. The minimum atomic E-state index is -0.122. The average molecular weight is 1960 g/mol. The molecule has 8 aromatic carbocycles. The summed E-state index contributed by atoms with van der Waals surface area (Å²) in [5.74, 6) is 14.0. The van der Waals surface area contributed by atoms with Crippen LogP contribution in [0.4, 0.5) is 63.0 Å². The SMILES string of the molecule is CO.COc1cc2nc(C3CC3)[nH]c(=O)c2cc1OC.COc1cc2nc(C3CC3)nc(N3CCN(c4ccccc4N4CCCCC4)CC3)c2cc1OC.COc1cc2nc(C3CC3)nc(N3CCN(c4ccccc4N4CCN(C)CC4)CC3)c2cc1OC.COc1cc2nc(C3CC3)nc(N3CCN(c4ccccc4N4CCNCC4)CC3)c2cc1OC.c1ccc(N2CCNCC2)c(N2CCNCC2)c1. The number of ether oxygens (including phenoxy) is 8. The van der Waals surface area contributed by atoms with Crippen LogP contribution < -0.4 is 113 Å². The Balaban J connectivity index is 0.000000116. The molecule has 4 saturated carbocycles. The first kappa shape index (κ1) is 99.6. The van der Waals surface area contributed by atoms with Crippen molar-refractivity contribution in [2.45, 2.75) is 94.3 Å². The van der Waals surface area contributed by atoms with Crippen LogP contribution in [0, 0.1) is 0 Å². The van der Waals surface area contributed by atoms with Crippen LogP contribution in [0.5, 0.6) is 46.0 Å². The van der Waals surface area contributed by atoms with Gasteiger partial charge in [0.1, 0.15) is 40.8 Å². The molecule has 12 fully saturated rings. The molecule has 4 aliphatic carbocycles. The number of aromatic amines is 1. The van der Waals surface area contributed by atoms with Crippen LogP contribution in [-0.4, -0.2) is 317 Å². The van der Waals surface area contributed by atoms with Crippen LogP contribution in [0.1, 0.15) is 118 Å². The number of H-pyrrole nitrogens is 1. The smallest absolute Gasteiger partial charge is 0.258 e. The third-order valence-electron chi connectivity index (χ3n) is 29.8. The largest absolute Gasteiger partial charge is 0.493 e. The van der Waals surface area contributed by atoms with Crippen molar-refractivity contribution in [2.24, 2.45) is 0 Å². The molecule has 0 atom stereocenters. The first-order chi connectivity index (χ1) is 70.8. The lowest BCUT2D eigenvalue weighted by atomic mass is 10.1. The first-order valence-electron chi connectivity index (χ1n) is 52.1. The third kappa shape index (κ3) is 23.0. The zero-order chi connectivity index (χ0) is 99.1. The number of aliphatic hydroxyl groups is 1. The van der Waals surface area contributed by atoms with Crippen molar-refractivity contribution in [3.8, 4) is 46.0 Å². The normalized spacial score (nSPS) is 18.4. The van der Waals surface area contributed by atoms with E-state index in [0.717, 1.165) is 282 Å². The van der Waals surface area contributed by atoms with Gasteiger partial charge in [-0.1, -0.05) is 48.5 Å². The number of nitrogens with zero attached hydrogens (tertiary/aromatic N) is 19. The number of anilines is 11. The van der Waals surface area contributed by atoms with E-state index in [-0.39, 0.29) is 5.56 Å². The second kappa shape index (κ2) is 46.7. The number of fused-ring (bicyclic) bond motifs is 4. The summed E-state index contributed by atoms with van der Waals surface area (Å²) in [7, 11) is 16.4. The molecule has 12 aliphatic rings. The van der Waals surface area contributed by atoms with Crippen LogP contribution in [0.25, 0.3) is 43.6 Å². The minimum Gasteiger partial charge on any atom is -0.493 e. The topological polar surface area (TPSA) is 292 Å². The highest BCUT2D eigenvalue weighted by Gasteiger charge is 2.37. The summed E-state index contributed by atoms with van der Waals surface area (Å²) >= 11 is 0. The van der Waals surface area contributed by atoms with Gasteiger partial charge in [0, 0.05) is 268 Å². The van der Waals surface area contributed by atoms with E-state index in [9.17, 15) is 4.79 Å². The molecule has 8 aliphatic heterocycles. The maximum Gasteiger partial charge on any atom is 0.258 e. The molecular formula is C111H145N23O10. The van der Waals surface area contributed by atoms with E-state index in [1.165, 1.54) is 116 Å². The lowest BCUT2D eigenvalue weighted by molar-refractivity contribution is 0.313. The number of piperidine rings is 1. The van der Waals surface area contributed by atoms with Gasteiger partial charge in [0.05, 0.1) is 130 Å². The Morgan fingerprint density at radius 2 is 0.479 bits per heavy atom. The van der Waals surface area contributed by atoms with Gasteiger partial charge in [-0.15, -0.1) is 0 Å². The van der Waals surface area contributed by atoms with E-state index in [1.807, 2.05) is 36.4 Å². The minimum absolute atomic E-state index is 0.122. The van der Waals surface area contributed by atoms with Gasteiger partial charge < -0.3 is 123 Å². The van der Waals surface area contributed by atoms with Crippen molar-refractivity contribution in [3.05, 3.63) is 179 Å². The summed E-state index contributed by atoms with van der Waals surface area (Å²) < 4.78 is 43.9. The van der Waals surface area contributed by atoms with Crippen molar-refractivity contribution in [1.29, 1.82) is 0 Å². The zero-order valence-electron chi connectivity index (χ0n) is 85.8. The van der Waals surface area contributed by atoms with E-state index in [2.05, 4.69) is 189 Å². The number of methoxy groups -OCH3 is 8. The third-order valence-corrected chi connectivity index (χ3v) is 29.8.